The van der Waals surface area contributed by atoms with Crippen molar-refractivity contribution < 1.29 is 28.7 Å². The number of ether oxygens (including phenoxy) is 2. The van der Waals surface area contributed by atoms with E-state index >= 15 is 0 Å². The number of carbonyl (C=O) groups is 4. The van der Waals surface area contributed by atoms with E-state index in [-0.39, 0.29) is 84.2 Å². The van der Waals surface area contributed by atoms with Crippen molar-refractivity contribution in [2.24, 2.45) is 29.6 Å². The van der Waals surface area contributed by atoms with Crippen molar-refractivity contribution >= 4 is 23.5 Å². The van der Waals surface area contributed by atoms with Gasteiger partial charge in [-0.2, -0.15) is 0 Å². The first-order valence-corrected chi connectivity index (χ1v) is 20.4. The standard InChI is InChI=1S/C43H72N4O6/c1-12-29(5)41(45(9)43(51)35(28(3)4)24-40(50)47-30(6)26-44-27-31(47)7)38(52-10)25-39(49)46-21-17-20-36(46)42(53-11)32(8)37(48)23-33(13-2)22-34-18-15-14-16-19-34/h14-16,18-19,28-33,35-36,38,41-42,44H,12-13,17,20-27H2,1-11H3/t29-,30-,31+,32-,33+,35-,36-,38+,41-,42+/m0/s1. The zero-order valence-corrected chi connectivity index (χ0v) is 34.8. The van der Waals surface area contributed by atoms with Gasteiger partial charge in [-0.15, -0.1) is 0 Å². The van der Waals surface area contributed by atoms with Gasteiger partial charge in [-0.1, -0.05) is 84.7 Å². The number of methoxy groups -OCH3 is 2. The molecule has 10 nitrogen and oxygen atoms in total. The third-order valence-corrected chi connectivity index (χ3v) is 12.4. The first-order chi connectivity index (χ1) is 25.2. The highest BCUT2D eigenvalue weighted by molar-refractivity contribution is 5.87. The number of amides is 3. The number of ketones is 1. The minimum absolute atomic E-state index is 0.00685. The molecule has 53 heavy (non-hydrogen) atoms. The number of rotatable bonds is 20. The van der Waals surface area contributed by atoms with Crippen LogP contribution in [-0.4, -0.2) is 115 Å². The van der Waals surface area contributed by atoms with Crippen molar-refractivity contribution in [2.75, 3.05) is 40.9 Å². The van der Waals surface area contributed by atoms with Crippen LogP contribution in [0, 0.1) is 29.6 Å². The minimum Gasteiger partial charge on any atom is -0.379 e. The average molecular weight is 741 g/mol. The molecule has 0 aromatic heterocycles. The number of benzene rings is 1. The van der Waals surface area contributed by atoms with Gasteiger partial charge in [-0.25, -0.2) is 0 Å². The molecule has 0 bridgehead atoms. The van der Waals surface area contributed by atoms with Crippen molar-refractivity contribution in [1.29, 1.82) is 0 Å². The second-order valence-corrected chi connectivity index (χ2v) is 16.4. The molecule has 1 N–H and O–H groups in total. The SMILES string of the molecule is CC[C@@H](CC(=O)[C@H](C)[C@@H](OC)[C@@H]1CCCN1C(=O)C[C@@H](OC)[C@H]([C@@H](C)CC)N(C)C(=O)[C@@H](CC(=O)N1[C@H](C)CNC[C@@H]1C)C(C)C)Cc1ccccc1. The van der Waals surface area contributed by atoms with E-state index in [0.717, 1.165) is 45.2 Å². The van der Waals surface area contributed by atoms with E-state index in [9.17, 15) is 19.2 Å². The summed E-state index contributed by atoms with van der Waals surface area (Å²) in [5.41, 5.74) is 1.24. The summed E-state index contributed by atoms with van der Waals surface area (Å²) in [4.78, 5) is 61.6. The van der Waals surface area contributed by atoms with E-state index < -0.39 is 18.1 Å². The van der Waals surface area contributed by atoms with Crippen molar-refractivity contribution in [3.8, 4) is 0 Å². The monoisotopic (exact) mass is 741 g/mol. The molecule has 3 amide bonds. The molecule has 1 aromatic carbocycles. The first-order valence-electron chi connectivity index (χ1n) is 20.4. The van der Waals surface area contributed by atoms with Crippen LogP contribution in [0.2, 0.25) is 0 Å². The van der Waals surface area contributed by atoms with Gasteiger partial charge in [0, 0.05) is 77.7 Å². The van der Waals surface area contributed by atoms with E-state index in [1.807, 2.05) is 62.6 Å². The Hall–Kier alpha value is -2.82. The zero-order valence-electron chi connectivity index (χ0n) is 34.8. The third-order valence-electron chi connectivity index (χ3n) is 12.4. The Balaban J connectivity index is 1.75. The van der Waals surface area contributed by atoms with Crippen LogP contribution >= 0.6 is 0 Å². The molecule has 2 heterocycles. The normalized spacial score (nSPS) is 23.2. The van der Waals surface area contributed by atoms with Gasteiger partial charge in [0.1, 0.15) is 5.78 Å². The Morgan fingerprint density at radius 1 is 0.887 bits per heavy atom. The molecule has 0 aliphatic carbocycles. The zero-order chi connectivity index (χ0) is 39.4. The number of nitrogens with zero attached hydrogens (tertiary/aromatic N) is 3. The number of nitrogens with one attached hydrogen (secondary N) is 1. The number of piperazine rings is 1. The fraction of sp³-hybridized carbons (Fsp3) is 0.767. The highest BCUT2D eigenvalue weighted by Gasteiger charge is 2.43. The first kappa shape index (κ1) is 44.6. The van der Waals surface area contributed by atoms with Crippen LogP contribution in [0.1, 0.15) is 106 Å². The fourth-order valence-electron chi connectivity index (χ4n) is 8.91. The van der Waals surface area contributed by atoms with Gasteiger partial charge in [0.25, 0.3) is 0 Å². The predicted octanol–water partition coefficient (Wildman–Crippen LogP) is 6.01. The molecule has 10 heteroatoms. The summed E-state index contributed by atoms with van der Waals surface area (Å²) in [6, 6.07) is 9.84. The topological polar surface area (TPSA) is 108 Å². The number of hydrogen-bond acceptors (Lipinski definition) is 7. The molecule has 2 fully saturated rings. The maximum absolute atomic E-state index is 14.4. The summed E-state index contributed by atoms with van der Waals surface area (Å²) < 4.78 is 12.1. The van der Waals surface area contributed by atoms with Gasteiger partial charge in [0.05, 0.1) is 30.7 Å². The maximum Gasteiger partial charge on any atom is 0.226 e. The Morgan fingerprint density at radius 3 is 2.08 bits per heavy atom. The quantitative estimate of drug-likeness (QED) is 0.175. The van der Waals surface area contributed by atoms with Crippen LogP contribution in [0.3, 0.4) is 0 Å². The number of hydrogen-bond donors (Lipinski definition) is 1. The van der Waals surface area contributed by atoms with Crippen molar-refractivity contribution in [3.05, 3.63) is 35.9 Å². The Kier molecular flexibility index (Phi) is 17.9. The van der Waals surface area contributed by atoms with Gasteiger partial charge in [0.2, 0.25) is 17.7 Å². The summed E-state index contributed by atoms with van der Waals surface area (Å²) in [5.74, 6) is -0.582. The third kappa shape index (κ3) is 11.6. The predicted molar refractivity (Wildman–Crippen MR) is 211 cm³/mol. The molecule has 2 aliphatic heterocycles. The summed E-state index contributed by atoms with van der Waals surface area (Å²) in [5, 5.41) is 3.38. The fourth-order valence-corrected chi connectivity index (χ4v) is 8.91. The lowest BCUT2D eigenvalue weighted by Crippen LogP contribution is -2.58. The number of likely N-dealkylation sites (tertiary alicyclic amines) is 1. The molecule has 10 atom stereocenters. The molecule has 0 saturated carbocycles. The molecule has 300 valence electrons. The van der Waals surface area contributed by atoms with Gasteiger partial charge >= 0.3 is 0 Å². The highest BCUT2D eigenvalue weighted by Crippen LogP contribution is 2.32. The summed E-state index contributed by atoms with van der Waals surface area (Å²) in [7, 11) is 5.06. The summed E-state index contributed by atoms with van der Waals surface area (Å²) in [6.07, 6.45) is 3.93. The summed E-state index contributed by atoms with van der Waals surface area (Å²) >= 11 is 0. The lowest BCUT2D eigenvalue weighted by atomic mass is 9.84. The van der Waals surface area contributed by atoms with Crippen LogP contribution in [0.5, 0.6) is 0 Å². The van der Waals surface area contributed by atoms with Gasteiger partial charge < -0.3 is 29.5 Å². The molecular weight excluding hydrogens is 668 g/mol. The van der Waals surface area contributed by atoms with Gasteiger partial charge in [-0.05, 0) is 56.4 Å². The van der Waals surface area contributed by atoms with Crippen LogP contribution in [-0.2, 0) is 35.1 Å². The van der Waals surface area contributed by atoms with Crippen LogP contribution in [0.25, 0.3) is 0 Å². The number of carbonyl (C=O) groups excluding carboxylic acids is 4. The van der Waals surface area contributed by atoms with Crippen molar-refractivity contribution in [1.82, 2.24) is 20.0 Å². The highest BCUT2D eigenvalue weighted by atomic mass is 16.5. The van der Waals surface area contributed by atoms with E-state index in [0.29, 0.717) is 13.0 Å². The van der Waals surface area contributed by atoms with E-state index in [1.54, 1.807) is 26.2 Å². The smallest absolute Gasteiger partial charge is 0.226 e. The lowest BCUT2D eigenvalue weighted by Gasteiger charge is -2.42. The van der Waals surface area contributed by atoms with Crippen molar-refractivity contribution in [3.63, 3.8) is 0 Å². The second-order valence-electron chi connectivity index (χ2n) is 16.4. The molecule has 0 unspecified atom stereocenters. The maximum atomic E-state index is 14.4. The number of Topliss-reactive ketones (excluding diaryl/α,β-unsaturated/α-hetero) is 1. The van der Waals surface area contributed by atoms with Crippen LogP contribution < -0.4 is 5.32 Å². The average Bonchev–Trinajstić information content (AvgIpc) is 3.62. The minimum atomic E-state index is -0.548. The molecule has 3 rings (SSSR count). The van der Waals surface area contributed by atoms with E-state index in [4.69, 9.17) is 9.47 Å². The molecular formula is C43H72N4O6. The molecule has 2 aliphatic rings. The number of likely N-dealkylation sites (N-methyl/N-ethyl adjacent to an activating group) is 1. The van der Waals surface area contributed by atoms with Crippen molar-refractivity contribution in [2.45, 2.75) is 143 Å². The van der Waals surface area contributed by atoms with Gasteiger partial charge in [-0.3, -0.25) is 19.2 Å². The lowest BCUT2D eigenvalue weighted by molar-refractivity contribution is -0.151. The molecule has 0 radical (unpaired) electrons. The largest absolute Gasteiger partial charge is 0.379 e. The van der Waals surface area contributed by atoms with Crippen LogP contribution in [0.15, 0.2) is 30.3 Å². The molecule has 1 aromatic rings. The van der Waals surface area contributed by atoms with Crippen LogP contribution in [0.4, 0.5) is 0 Å². The van der Waals surface area contributed by atoms with E-state index in [1.165, 1.54) is 5.56 Å². The van der Waals surface area contributed by atoms with E-state index in [2.05, 4.69) is 38.2 Å². The Morgan fingerprint density at radius 2 is 1.53 bits per heavy atom. The Labute approximate surface area is 321 Å². The second kappa shape index (κ2) is 21.3. The molecule has 0 spiro atoms. The van der Waals surface area contributed by atoms with Gasteiger partial charge in [0.15, 0.2) is 0 Å². The Bertz CT molecular complexity index is 1300. The summed E-state index contributed by atoms with van der Waals surface area (Å²) in [6.45, 7) is 18.4. The molecule has 2 saturated heterocycles.